The van der Waals surface area contributed by atoms with Crippen LogP contribution >= 0.6 is 0 Å². The first-order valence-corrected chi connectivity index (χ1v) is 4.64. The molecule has 0 fully saturated rings. The number of aliphatic hydroxyl groups is 1. The lowest BCUT2D eigenvalue weighted by atomic mass is 10.4. The second kappa shape index (κ2) is 8.93. The zero-order valence-electron chi connectivity index (χ0n) is 8.69. The first-order chi connectivity index (χ1) is 6.70. The van der Waals surface area contributed by atoms with Gasteiger partial charge < -0.3 is 19.3 Å². The van der Waals surface area contributed by atoms with Gasteiger partial charge in [-0.1, -0.05) is 0 Å². The average Bonchev–Trinajstić information content (AvgIpc) is 2.15. The molecule has 0 aromatic rings. The molecule has 5 nitrogen and oxygen atoms in total. The summed E-state index contributed by atoms with van der Waals surface area (Å²) >= 11 is 0. The molecule has 0 spiro atoms. The Morgan fingerprint density at radius 3 is 2.64 bits per heavy atom. The van der Waals surface area contributed by atoms with E-state index in [1.165, 1.54) is 6.92 Å². The average molecular weight is 206 g/mol. The first kappa shape index (κ1) is 13.4. The minimum atomic E-state index is -0.322. The maximum Gasteiger partial charge on any atom is 0.302 e. The quantitative estimate of drug-likeness (QED) is 0.446. The van der Waals surface area contributed by atoms with E-state index in [1.54, 1.807) is 0 Å². The number of hydrogen-bond donors (Lipinski definition) is 1. The standard InChI is InChI=1S/C9H18O5/c1-3-13-9(6-10)7-12-4-5-14-8(2)11/h9-10H,3-7H2,1-2H3. The highest BCUT2D eigenvalue weighted by atomic mass is 16.6. The van der Waals surface area contributed by atoms with Crippen LogP contribution < -0.4 is 0 Å². The summed E-state index contributed by atoms with van der Waals surface area (Å²) < 4.78 is 14.9. The fraction of sp³-hybridized carbons (Fsp3) is 0.889. The lowest BCUT2D eigenvalue weighted by Crippen LogP contribution is -2.25. The summed E-state index contributed by atoms with van der Waals surface area (Å²) in [6.07, 6.45) is -0.294. The molecule has 0 aliphatic rings. The summed E-state index contributed by atoms with van der Waals surface area (Å²) in [5.74, 6) is -0.322. The van der Waals surface area contributed by atoms with Crippen molar-refractivity contribution in [2.24, 2.45) is 0 Å². The normalized spacial score (nSPS) is 12.5. The minimum absolute atomic E-state index is 0.0681. The Hall–Kier alpha value is -0.650. The van der Waals surface area contributed by atoms with Crippen molar-refractivity contribution in [1.82, 2.24) is 0 Å². The van der Waals surface area contributed by atoms with Crippen molar-refractivity contribution in [1.29, 1.82) is 0 Å². The van der Waals surface area contributed by atoms with Crippen molar-refractivity contribution in [3.05, 3.63) is 0 Å². The van der Waals surface area contributed by atoms with Crippen LogP contribution in [-0.4, -0.2) is 50.2 Å². The molecule has 0 aliphatic heterocycles. The third kappa shape index (κ3) is 7.97. The van der Waals surface area contributed by atoms with Gasteiger partial charge in [0.05, 0.1) is 19.8 Å². The zero-order chi connectivity index (χ0) is 10.8. The van der Waals surface area contributed by atoms with Crippen LogP contribution in [0.25, 0.3) is 0 Å². The second-order valence-electron chi connectivity index (χ2n) is 2.67. The maximum atomic E-state index is 10.4. The summed E-state index contributed by atoms with van der Waals surface area (Å²) in [7, 11) is 0. The molecule has 84 valence electrons. The van der Waals surface area contributed by atoms with Crippen LogP contribution in [0.15, 0.2) is 0 Å². The van der Waals surface area contributed by atoms with E-state index in [0.717, 1.165) is 0 Å². The number of carbonyl (C=O) groups is 1. The van der Waals surface area contributed by atoms with Gasteiger partial charge in [-0.3, -0.25) is 4.79 Å². The van der Waals surface area contributed by atoms with Gasteiger partial charge in [0.2, 0.25) is 0 Å². The molecule has 5 heteroatoms. The molecule has 0 saturated carbocycles. The monoisotopic (exact) mass is 206 g/mol. The Bertz CT molecular complexity index is 148. The topological polar surface area (TPSA) is 65.0 Å². The van der Waals surface area contributed by atoms with Gasteiger partial charge in [0.1, 0.15) is 12.7 Å². The third-order valence-electron chi connectivity index (χ3n) is 1.44. The third-order valence-corrected chi connectivity index (χ3v) is 1.44. The van der Waals surface area contributed by atoms with Gasteiger partial charge in [-0.05, 0) is 6.92 Å². The molecular weight excluding hydrogens is 188 g/mol. The summed E-state index contributed by atoms with van der Waals surface area (Å²) in [5.41, 5.74) is 0. The summed E-state index contributed by atoms with van der Waals surface area (Å²) in [6, 6.07) is 0. The van der Waals surface area contributed by atoms with E-state index in [9.17, 15) is 4.79 Å². The Balaban J connectivity index is 3.28. The highest BCUT2D eigenvalue weighted by Crippen LogP contribution is 1.92. The predicted octanol–water partition coefficient (Wildman–Crippen LogP) is -0.0365. The highest BCUT2D eigenvalue weighted by Gasteiger charge is 2.06. The molecule has 0 radical (unpaired) electrons. The fourth-order valence-corrected chi connectivity index (χ4v) is 0.848. The molecule has 0 rings (SSSR count). The van der Waals surface area contributed by atoms with Crippen molar-refractivity contribution < 1.29 is 24.1 Å². The highest BCUT2D eigenvalue weighted by molar-refractivity contribution is 5.65. The van der Waals surface area contributed by atoms with Crippen LogP contribution in [0.1, 0.15) is 13.8 Å². The van der Waals surface area contributed by atoms with Crippen LogP contribution in [0.3, 0.4) is 0 Å². The molecule has 1 atom stereocenters. The summed E-state index contributed by atoms with van der Waals surface area (Å²) in [5, 5.41) is 8.81. The molecule has 1 unspecified atom stereocenters. The van der Waals surface area contributed by atoms with Crippen LogP contribution in [0.4, 0.5) is 0 Å². The molecule has 0 amide bonds. The smallest absolute Gasteiger partial charge is 0.302 e. The summed E-state index contributed by atoms with van der Waals surface area (Å²) in [6.45, 7) is 4.53. The van der Waals surface area contributed by atoms with Gasteiger partial charge in [-0.25, -0.2) is 0 Å². The molecule has 0 aromatic heterocycles. The molecule has 0 bridgehead atoms. The molecule has 0 aromatic carbocycles. The number of esters is 1. The van der Waals surface area contributed by atoms with Gasteiger partial charge >= 0.3 is 5.97 Å². The largest absolute Gasteiger partial charge is 0.463 e. The van der Waals surface area contributed by atoms with E-state index < -0.39 is 0 Å². The predicted molar refractivity (Wildman–Crippen MR) is 50.0 cm³/mol. The number of carbonyl (C=O) groups excluding carboxylic acids is 1. The SMILES string of the molecule is CCOC(CO)COCCOC(C)=O. The second-order valence-corrected chi connectivity index (χ2v) is 2.67. The number of hydrogen-bond acceptors (Lipinski definition) is 5. The maximum absolute atomic E-state index is 10.4. The van der Waals surface area contributed by atoms with Crippen LogP contribution in [0.5, 0.6) is 0 Å². The molecule has 0 heterocycles. The lowest BCUT2D eigenvalue weighted by Gasteiger charge is -2.14. The Labute approximate surface area is 84.0 Å². The number of aliphatic hydroxyl groups excluding tert-OH is 1. The van der Waals surface area contributed by atoms with Gasteiger partial charge in [0, 0.05) is 13.5 Å². The minimum Gasteiger partial charge on any atom is -0.463 e. The van der Waals surface area contributed by atoms with Gasteiger partial charge in [-0.15, -0.1) is 0 Å². The Morgan fingerprint density at radius 2 is 2.14 bits per heavy atom. The summed E-state index contributed by atoms with van der Waals surface area (Å²) in [4.78, 5) is 10.4. The van der Waals surface area contributed by atoms with Crippen LogP contribution in [-0.2, 0) is 19.0 Å². The van der Waals surface area contributed by atoms with Crippen molar-refractivity contribution >= 4 is 5.97 Å². The number of rotatable bonds is 8. The van der Waals surface area contributed by atoms with Crippen molar-refractivity contribution in [3.8, 4) is 0 Å². The molecule has 0 saturated heterocycles. The van der Waals surface area contributed by atoms with E-state index in [4.69, 9.17) is 14.6 Å². The van der Waals surface area contributed by atoms with Crippen molar-refractivity contribution in [2.75, 3.05) is 33.0 Å². The van der Waals surface area contributed by atoms with E-state index in [0.29, 0.717) is 19.8 Å². The van der Waals surface area contributed by atoms with Gasteiger partial charge in [0.25, 0.3) is 0 Å². The van der Waals surface area contributed by atoms with Gasteiger partial charge in [0.15, 0.2) is 0 Å². The zero-order valence-corrected chi connectivity index (χ0v) is 8.69. The van der Waals surface area contributed by atoms with E-state index in [2.05, 4.69) is 4.74 Å². The van der Waals surface area contributed by atoms with Crippen LogP contribution in [0.2, 0.25) is 0 Å². The van der Waals surface area contributed by atoms with Crippen molar-refractivity contribution in [2.45, 2.75) is 20.0 Å². The van der Waals surface area contributed by atoms with Gasteiger partial charge in [-0.2, -0.15) is 0 Å². The molecular formula is C9H18O5. The fourth-order valence-electron chi connectivity index (χ4n) is 0.848. The van der Waals surface area contributed by atoms with E-state index >= 15 is 0 Å². The van der Waals surface area contributed by atoms with Crippen molar-refractivity contribution in [3.63, 3.8) is 0 Å². The molecule has 14 heavy (non-hydrogen) atoms. The molecule has 0 aliphatic carbocycles. The first-order valence-electron chi connectivity index (χ1n) is 4.64. The van der Waals surface area contributed by atoms with Crippen LogP contribution in [0, 0.1) is 0 Å². The Morgan fingerprint density at radius 1 is 1.43 bits per heavy atom. The number of ether oxygens (including phenoxy) is 3. The lowest BCUT2D eigenvalue weighted by molar-refractivity contribution is -0.143. The Kier molecular flexibility index (Phi) is 8.51. The molecule has 1 N–H and O–H groups in total. The van der Waals surface area contributed by atoms with E-state index in [1.807, 2.05) is 6.92 Å². The van der Waals surface area contributed by atoms with E-state index in [-0.39, 0.29) is 25.3 Å².